The molecule has 0 atom stereocenters. The van der Waals surface area contributed by atoms with Crippen molar-refractivity contribution in [2.75, 3.05) is 0 Å². The summed E-state index contributed by atoms with van der Waals surface area (Å²) in [6, 6.07) is 65.4. The first-order chi connectivity index (χ1) is 37.5. The van der Waals surface area contributed by atoms with Crippen molar-refractivity contribution in [3.63, 3.8) is 0 Å². The van der Waals surface area contributed by atoms with Crippen LogP contribution in [0.5, 0.6) is 0 Å². The summed E-state index contributed by atoms with van der Waals surface area (Å²) in [5, 5.41) is 1.89. The predicted octanol–water partition coefficient (Wildman–Crippen LogP) is 18.4. The molecule has 4 nitrogen and oxygen atoms in total. The summed E-state index contributed by atoms with van der Waals surface area (Å²) in [5.74, 6) is 0. The van der Waals surface area contributed by atoms with E-state index >= 15 is 9.59 Å². The van der Waals surface area contributed by atoms with Gasteiger partial charge in [-0.25, -0.2) is 9.59 Å². The zero-order valence-electron chi connectivity index (χ0n) is 45.0. The molecule has 0 fully saturated rings. The maximum atomic E-state index is 15.7. The lowest BCUT2D eigenvalue weighted by Crippen LogP contribution is -2.15. The number of benzene rings is 10. The van der Waals surface area contributed by atoms with E-state index < -0.39 is 11.3 Å². The second-order valence-corrected chi connectivity index (χ2v) is 24.6. The van der Waals surface area contributed by atoms with Gasteiger partial charge in [0, 0.05) is 38.2 Å². The fraction of sp³-hybridized carbons (Fsp3) is 0.162. The van der Waals surface area contributed by atoms with Gasteiger partial charge in [0.2, 0.25) is 0 Å². The number of fused-ring (bicyclic) bond motifs is 12. The molecule has 0 radical (unpaired) electrons. The van der Waals surface area contributed by atoms with Gasteiger partial charge in [-0.1, -0.05) is 201 Å². The van der Waals surface area contributed by atoms with Crippen LogP contribution >= 0.6 is 0 Å². The molecule has 16 rings (SSSR count). The number of rotatable bonds is 4. The predicted molar refractivity (Wildman–Crippen MR) is 319 cm³/mol. The average Bonchev–Trinajstić information content (AvgIpc) is 3.88. The van der Waals surface area contributed by atoms with E-state index in [4.69, 9.17) is 8.83 Å². The van der Waals surface area contributed by atoms with Gasteiger partial charge in [-0.15, -0.1) is 0 Å². The zero-order valence-corrected chi connectivity index (χ0v) is 45.0. The lowest BCUT2D eigenvalue weighted by atomic mass is 9.80. The molecule has 4 aliphatic carbocycles. The maximum absolute atomic E-state index is 15.7. The van der Waals surface area contributed by atoms with Gasteiger partial charge in [0.1, 0.15) is 0 Å². The Balaban J connectivity index is 1.04. The summed E-state index contributed by atoms with van der Waals surface area (Å²) in [6.07, 6.45) is 0. The maximum Gasteiger partial charge on any atom is 0.344 e. The summed E-state index contributed by atoms with van der Waals surface area (Å²) >= 11 is 0. The fourth-order valence-electron chi connectivity index (χ4n) is 15.1. The van der Waals surface area contributed by atoms with E-state index in [2.05, 4.69) is 237 Å². The Hall–Kier alpha value is -8.86. The molecule has 0 unspecified atom stereocenters. The van der Waals surface area contributed by atoms with Crippen LogP contribution < -0.4 is 11.3 Å². The SMILES string of the molecule is CC1(C)c2ccccc2-c2ccc(-c3cc(-c4ccc5c(c4)C(C)(C)c4ccccc4-5)c4oc(=O)c5c(-c6ccc7c(c6)C(C)(C)c6ccccc6-7)cc(-c6ccc7c(c6)C(C)(C)c6ccccc6-7)c6c(=O)oc3c4c65)cc21. The minimum absolute atomic E-state index is 0.288. The molecule has 0 saturated carbocycles. The van der Waals surface area contributed by atoms with Crippen molar-refractivity contribution in [2.24, 2.45) is 0 Å². The summed E-state index contributed by atoms with van der Waals surface area (Å²) in [6.45, 7) is 18.3. The molecule has 4 aliphatic rings. The highest BCUT2D eigenvalue weighted by Crippen LogP contribution is 2.56. The number of hydrogen-bond donors (Lipinski definition) is 0. The van der Waals surface area contributed by atoms with Crippen LogP contribution in [0.15, 0.2) is 200 Å². The molecule has 4 heteroatoms. The summed E-state index contributed by atoms with van der Waals surface area (Å²) in [5.41, 5.74) is 24.6. The highest BCUT2D eigenvalue weighted by molar-refractivity contribution is 6.28. The van der Waals surface area contributed by atoms with Crippen molar-refractivity contribution in [3.05, 3.63) is 247 Å². The average molecular weight is 1010 g/mol. The Morgan fingerprint density at radius 1 is 0.244 bits per heavy atom. The molecular weight excluding hydrogens is 953 g/mol. The van der Waals surface area contributed by atoms with Crippen LogP contribution in [0.1, 0.15) is 99.9 Å². The van der Waals surface area contributed by atoms with Crippen LogP contribution in [0.2, 0.25) is 0 Å². The molecule has 2 heterocycles. The van der Waals surface area contributed by atoms with E-state index in [1.807, 2.05) is 0 Å². The fourth-order valence-corrected chi connectivity index (χ4v) is 15.1. The largest absolute Gasteiger partial charge is 0.421 e. The van der Waals surface area contributed by atoms with Gasteiger partial charge in [-0.2, -0.15) is 0 Å². The first kappa shape index (κ1) is 45.3. The van der Waals surface area contributed by atoms with Crippen molar-refractivity contribution < 1.29 is 8.83 Å². The number of hydrogen-bond acceptors (Lipinski definition) is 4. The first-order valence-corrected chi connectivity index (χ1v) is 27.4. The Bertz CT molecular complexity index is 4540. The van der Waals surface area contributed by atoms with E-state index in [0.717, 1.165) is 33.4 Å². The minimum Gasteiger partial charge on any atom is -0.421 e. The van der Waals surface area contributed by atoms with Gasteiger partial charge < -0.3 is 8.83 Å². The van der Waals surface area contributed by atoms with Crippen molar-refractivity contribution in [1.82, 2.24) is 0 Å². The van der Waals surface area contributed by atoms with Gasteiger partial charge >= 0.3 is 11.3 Å². The lowest BCUT2D eigenvalue weighted by molar-refractivity contribution is 0.558. The van der Waals surface area contributed by atoms with Gasteiger partial charge in [-0.05, 0) is 159 Å². The third-order valence-corrected chi connectivity index (χ3v) is 19.2. The minimum atomic E-state index is -0.505. The molecule has 78 heavy (non-hydrogen) atoms. The van der Waals surface area contributed by atoms with Crippen LogP contribution in [0.25, 0.3) is 122 Å². The quantitative estimate of drug-likeness (QED) is 0.130. The molecule has 12 aromatic rings. The standard InChI is InChI=1S/C74H54O4/c1-71(2)55-21-13-9-17-43(55)47-29-25-39(33-59(47)71)51-37-52(40-26-30-48-44-18-10-14-22-56(44)72(3,4)60(48)34-40)64-65-63(51)69(75)77-67-53(41-27-31-49-45-19-11-15-23-57(45)73(5,6)61(49)35-41)38-54(68(66(65)67)78-70(64)76)42-28-32-50-46-20-12-16-24-58(46)74(7,8)62(50)36-42/h9-38H,1-8H3. The van der Waals surface area contributed by atoms with E-state index in [9.17, 15) is 0 Å². The topological polar surface area (TPSA) is 60.4 Å². The molecule has 0 amide bonds. The summed E-state index contributed by atoms with van der Waals surface area (Å²) in [4.78, 5) is 31.4. The second kappa shape index (κ2) is 15.0. The zero-order chi connectivity index (χ0) is 53.1. The van der Waals surface area contributed by atoms with Gasteiger partial charge in [0.15, 0.2) is 11.2 Å². The molecule has 0 saturated heterocycles. The summed E-state index contributed by atoms with van der Waals surface area (Å²) in [7, 11) is 0. The van der Waals surface area contributed by atoms with E-state index in [1.165, 1.54) is 89.0 Å². The van der Waals surface area contributed by atoms with Crippen molar-refractivity contribution in [2.45, 2.75) is 77.0 Å². The Kier molecular flexibility index (Phi) is 8.72. The van der Waals surface area contributed by atoms with Crippen LogP contribution in [0, 0.1) is 0 Å². The van der Waals surface area contributed by atoms with Crippen molar-refractivity contribution in [1.29, 1.82) is 0 Å². The highest BCUT2D eigenvalue weighted by atomic mass is 16.4. The van der Waals surface area contributed by atoms with Gasteiger partial charge in [-0.3, -0.25) is 0 Å². The lowest BCUT2D eigenvalue weighted by Gasteiger charge is -2.24. The van der Waals surface area contributed by atoms with E-state index in [0.29, 0.717) is 43.8 Å². The van der Waals surface area contributed by atoms with Crippen LogP contribution in [0.4, 0.5) is 0 Å². The Morgan fingerprint density at radius 2 is 0.500 bits per heavy atom. The molecule has 0 bridgehead atoms. The van der Waals surface area contributed by atoms with Crippen LogP contribution in [-0.4, -0.2) is 0 Å². The monoisotopic (exact) mass is 1010 g/mol. The Morgan fingerprint density at radius 3 is 0.808 bits per heavy atom. The van der Waals surface area contributed by atoms with Crippen LogP contribution in [0.3, 0.4) is 0 Å². The third-order valence-electron chi connectivity index (χ3n) is 19.2. The smallest absolute Gasteiger partial charge is 0.344 e. The Labute approximate surface area is 452 Å². The summed E-state index contributed by atoms with van der Waals surface area (Å²) < 4.78 is 13.8. The second-order valence-electron chi connectivity index (χ2n) is 24.6. The molecule has 374 valence electrons. The van der Waals surface area contributed by atoms with Crippen molar-refractivity contribution in [3.8, 4) is 89.0 Å². The molecule has 0 spiro atoms. The van der Waals surface area contributed by atoms with Crippen molar-refractivity contribution >= 4 is 32.7 Å². The first-order valence-electron chi connectivity index (χ1n) is 27.4. The van der Waals surface area contributed by atoms with Gasteiger partial charge in [0.05, 0.1) is 16.2 Å². The molecule has 2 aromatic heterocycles. The van der Waals surface area contributed by atoms with Crippen LogP contribution in [-0.2, 0) is 21.7 Å². The molecule has 0 N–H and O–H groups in total. The van der Waals surface area contributed by atoms with E-state index in [-0.39, 0.29) is 21.7 Å². The van der Waals surface area contributed by atoms with E-state index in [1.54, 1.807) is 0 Å². The third kappa shape index (κ3) is 5.69. The molecule has 10 aromatic carbocycles. The molecular formula is C74H54O4. The molecule has 0 aliphatic heterocycles. The normalized spacial score (nSPS) is 15.9. The van der Waals surface area contributed by atoms with Gasteiger partial charge in [0.25, 0.3) is 0 Å². The highest BCUT2D eigenvalue weighted by Gasteiger charge is 2.40.